The van der Waals surface area contributed by atoms with E-state index in [-0.39, 0.29) is 10.8 Å². The SMILES string of the molecule is Cc1ccc(N(c2cc(C)cc(C)c2)c2ccc3c(c2)C(C)(C)c2cc(/C=C/c4ccc5c(c4)C(C)(C)c4cc(N(c6ccccc6)c6ccccc6)ccc4-5)ccc2-3)cc1. The number of benzene rings is 8. The van der Waals surface area contributed by atoms with Crippen molar-refractivity contribution in [2.75, 3.05) is 9.80 Å². The minimum atomic E-state index is -0.162. The van der Waals surface area contributed by atoms with Crippen molar-refractivity contribution in [3.8, 4) is 22.3 Å². The van der Waals surface area contributed by atoms with Gasteiger partial charge < -0.3 is 9.80 Å². The highest BCUT2D eigenvalue weighted by Crippen LogP contribution is 2.53. The summed E-state index contributed by atoms with van der Waals surface area (Å²) in [6, 6.07) is 65.2. The maximum Gasteiger partial charge on any atom is 0.0466 e. The van der Waals surface area contributed by atoms with Gasteiger partial charge in [0.1, 0.15) is 0 Å². The standard InChI is InChI=1S/C59H52N2/c1-39-18-24-46(25-19-39)61(49-33-40(2)32-41(3)34-49)48-27-31-53-51-29-23-43(36-55(51)59(6,7)57(53)38-48)21-20-42-22-28-50-52-30-26-47(37-56(52)58(4,5)54(50)35-42)60(44-14-10-8-11-15-44)45-16-12-9-13-17-45/h8-38H,1-7H3/b21-20+. The molecule has 0 saturated carbocycles. The highest BCUT2D eigenvalue weighted by atomic mass is 15.1. The highest BCUT2D eigenvalue weighted by molar-refractivity contribution is 5.89. The summed E-state index contributed by atoms with van der Waals surface area (Å²) in [6.07, 6.45) is 4.58. The fourth-order valence-electron chi connectivity index (χ4n) is 9.99. The van der Waals surface area contributed by atoms with Gasteiger partial charge in [-0.3, -0.25) is 0 Å². The third-order valence-corrected chi connectivity index (χ3v) is 13.1. The molecule has 2 heteroatoms. The van der Waals surface area contributed by atoms with Crippen LogP contribution in [0.2, 0.25) is 0 Å². The molecule has 0 amide bonds. The first-order valence-corrected chi connectivity index (χ1v) is 21.6. The molecule has 0 aromatic heterocycles. The number of nitrogens with zero attached hydrogens (tertiary/aromatic N) is 2. The molecule has 8 aromatic rings. The zero-order valence-electron chi connectivity index (χ0n) is 36.3. The van der Waals surface area contributed by atoms with Crippen LogP contribution < -0.4 is 9.80 Å². The largest absolute Gasteiger partial charge is 0.310 e. The van der Waals surface area contributed by atoms with Gasteiger partial charge in [0.15, 0.2) is 0 Å². The fraction of sp³-hybridized carbons (Fsp3) is 0.153. The molecule has 8 aromatic carbocycles. The maximum absolute atomic E-state index is 2.43. The molecular formula is C59H52N2. The van der Waals surface area contributed by atoms with Gasteiger partial charge in [0.2, 0.25) is 0 Å². The minimum absolute atomic E-state index is 0.154. The molecule has 0 spiro atoms. The summed E-state index contributed by atoms with van der Waals surface area (Å²) in [6.45, 7) is 16.0. The van der Waals surface area contributed by atoms with Gasteiger partial charge >= 0.3 is 0 Å². The summed E-state index contributed by atoms with van der Waals surface area (Å²) >= 11 is 0. The number of anilines is 6. The molecule has 0 saturated heterocycles. The Bertz CT molecular complexity index is 2930. The summed E-state index contributed by atoms with van der Waals surface area (Å²) < 4.78 is 0. The van der Waals surface area contributed by atoms with Gasteiger partial charge in [0.25, 0.3) is 0 Å². The molecule has 298 valence electrons. The molecule has 2 nitrogen and oxygen atoms in total. The van der Waals surface area contributed by atoms with E-state index in [1.54, 1.807) is 0 Å². The van der Waals surface area contributed by atoms with Crippen LogP contribution in [0.1, 0.15) is 77.8 Å². The van der Waals surface area contributed by atoms with Gasteiger partial charge in [-0.15, -0.1) is 0 Å². The Hall–Kier alpha value is -6.90. The number of fused-ring (bicyclic) bond motifs is 6. The van der Waals surface area contributed by atoms with Crippen molar-refractivity contribution in [1.82, 2.24) is 0 Å². The van der Waals surface area contributed by atoms with E-state index in [1.165, 1.54) is 89.4 Å². The molecular weight excluding hydrogens is 737 g/mol. The first-order valence-electron chi connectivity index (χ1n) is 21.6. The van der Waals surface area contributed by atoms with Crippen molar-refractivity contribution in [3.05, 3.63) is 226 Å². The van der Waals surface area contributed by atoms with E-state index in [0.717, 1.165) is 17.1 Å². The Morgan fingerprint density at radius 2 is 0.672 bits per heavy atom. The lowest BCUT2D eigenvalue weighted by Crippen LogP contribution is -2.17. The van der Waals surface area contributed by atoms with Gasteiger partial charge in [0, 0.05) is 45.0 Å². The van der Waals surface area contributed by atoms with Gasteiger partial charge in [-0.05, 0) is 160 Å². The Kier molecular flexibility index (Phi) is 9.22. The molecule has 2 aliphatic rings. The normalized spacial score (nSPS) is 14.0. The average Bonchev–Trinajstić information content (AvgIpc) is 3.62. The van der Waals surface area contributed by atoms with Gasteiger partial charge in [0.05, 0.1) is 0 Å². The smallest absolute Gasteiger partial charge is 0.0466 e. The molecule has 0 fully saturated rings. The Balaban J connectivity index is 0.946. The molecule has 0 aliphatic heterocycles. The minimum Gasteiger partial charge on any atom is -0.310 e. The number of rotatable bonds is 8. The fourth-order valence-corrected chi connectivity index (χ4v) is 9.99. The lowest BCUT2D eigenvalue weighted by atomic mass is 9.81. The second-order valence-electron chi connectivity index (χ2n) is 18.2. The predicted molar refractivity (Wildman–Crippen MR) is 261 cm³/mol. The first kappa shape index (κ1) is 38.3. The van der Waals surface area contributed by atoms with Gasteiger partial charge in [-0.2, -0.15) is 0 Å². The van der Waals surface area contributed by atoms with E-state index >= 15 is 0 Å². The van der Waals surface area contributed by atoms with E-state index in [0.29, 0.717) is 0 Å². The maximum atomic E-state index is 2.43. The second kappa shape index (κ2) is 14.7. The summed E-state index contributed by atoms with van der Waals surface area (Å²) in [5, 5.41) is 0. The topological polar surface area (TPSA) is 6.48 Å². The number of para-hydroxylation sites is 2. The van der Waals surface area contributed by atoms with Crippen LogP contribution in [-0.4, -0.2) is 0 Å². The van der Waals surface area contributed by atoms with Crippen molar-refractivity contribution in [2.24, 2.45) is 0 Å². The van der Waals surface area contributed by atoms with E-state index in [4.69, 9.17) is 0 Å². The molecule has 0 N–H and O–H groups in total. The number of hydrogen-bond acceptors (Lipinski definition) is 2. The summed E-state index contributed by atoms with van der Waals surface area (Å²) in [7, 11) is 0. The zero-order valence-corrected chi connectivity index (χ0v) is 36.3. The van der Waals surface area contributed by atoms with Crippen molar-refractivity contribution in [1.29, 1.82) is 0 Å². The van der Waals surface area contributed by atoms with E-state index in [9.17, 15) is 0 Å². The third kappa shape index (κ3) is 6.68. The summed E-state index contributed by atoms with van der Waals surface area (Å²) in [4.78, 5) is 4.77. The van der Waals surface area contributed by atoms with Crippen LogP contribution in [0.5, 0.6) is 0 Å². The zero-order chi connectivity index (χ0) is 42.0. The predicted octanol–water partition coefficient (Wildman–Crippen LogP) is 16.3. The van der Waals surface area contributed by atoms with Crippen LogP contribution in [0.15, 0.2) is 176 Å². The van der Waals surface area contributed by atoms with Crippen molar-refractivity contribution >= 4 is 46.3 Å². The highest BCUT2D eigenvalue weighted by Gasteiger charge is 2.37. The number of hydrogen-bond donors (Lipinski definition) is 0. The number of aryl methyl sites for hydroxylation is 3. The van der Waals surface area contributed by atoms with E-state index < -0.39 is 0 Å². The monoisotopic (exact) mass is 788 g/mol. The van der Waals surface area contributed by atoms with Crippen LogP contribution in [0, 0.1) is 20.8 Å². The second-order valence-corrected chi connectivity index (χ2v) is 18.2. The molecule has 0 unspecified atom stereocenters. The van der Waals surface area contributed by atoms with Crippen LogP contribution in [-0.2, 0) is 10.8 Å². The first-order chi connectivity index (χ1) is 29.5. The van der Waals surface area contributed by atoms with Crippen LogP contribution >= 0.6 is 0 Å². The molecule has 0 heterocycles. The Morgan fingerprint density at radius 1 is 0.311 bits per heavy atom. The average molecular weight is 789 g/mol. The Morgan fingerprint density at radius 3 is 1.11 bits per heavy atom. The molecule has 0 bridgehead atoms. The molecule has 0 radical (unpaired) electrons. The molecule has 2 aliphatic carbocycles. The van der Waals surface area contributed by atoms with E-state index in [1.807, 2.05) is 0 Å². The Labute approximate surface area is 362 Å². The van der Waals surface area contributed by atoms with Crippen molar-refractivity contribution in [2.45, 2.75) is 59.3 Å². The van der Waals surface area contributed by atoms with E-state index in [2.05, 4.69) is 246 Å². The molecule has 61 heavy (non-hydrogen) atoms. The van der Waals surface area contributed by atoms with Crippen LogP contribution in [0.25, 0.3) is 34.4 Å². The lowest BCUT2D eigenvalue weighted by molar-refractivity contribution is 0.660. The van der Waals surface area contributed by atoms with Crippen molar-refractivity contribution < 1.29 is 0 Å². The molecule has 0 atom stereocenters. The third-order valence-electron chi connectivity index (χ3n) is 13.1. The van der Waals surface area contributed by atoms with Gasteiger partial charge in [-0.1, -0.05) is 149 Å². The van der Waals surface area contributed by atoms with Gasteiger partial charge in [-0.25, -0.2) is 0 Å². The lowest BCUT2D eigenvalue weighted by Gasteiger charge is -2.28. The molecule has 10 rings (SSSR count). The van der Waals surface area contributed by atoms with Crippen molar-refractivity contribution in [3.63, 3.8) is 0 Å². The van der Waals surface area contributed by atoms with Crippen LogP contribution in [0.3, 0.4) is 0 Å². The van der Waals surface area contributed by atoms with Crippen LogP contribution in [0.4, 0.5) is 34.1 Å². The summed E-state index contributed by atoms with van der Waals surface area (Å²) in [5.41, 5.74) is 23.6. The quantitative estimate of drug-likeness (QED) is 0.142. The summed E-state index contributed by atoms with van der Waals surface area (Å²) in [5.74, 6) is 0.